The second kappa shape index (κ2) is 7.38. The molecule has 0 aliphatic rings. The largest absolute Gasteiger partial charge is 0.497 e. The van der Waals surface area contributed by atoms with Gasteiger partial charge in [-0.25, -0.2) is 4.79 Å². The second-order valence-electron chi connectivity index (χ2n) is 3.99. The van der Waals surface area contributed by atoms with E-state index in [-0.39, 0.29) is 12.5 Å². The Bertz CT molecular complexity index is 446. The first-order chi connectivity index (χ1) is 9.02. The molecule has 1 amide bonds. The molecule has 0 saturated carbocycles. The molecule has 0 fully saturated rings. The van der Waals surface area contributed by atoms with Crippen molar-refractivity contribution in [2.75, 3.05) is 27.4 Å². The third-order valence-corrected chi connectivity index (χ3v) is 2.43. The van der Waals surface area contributed by atoms with Gasteiger partial charge in [-0.15, -0.1) is 0 Å². The molecule has 0 radical (unpaired) electrons. The number of likely N-dealkylation sites (N-methyl/N-ethyl adjacent to an activating group) is 1. The van der Waals surface area contributed by atoms with Crippen LogP contribution in [0.1, 0.15) is 5.56 Å². The number of aliphatic carboxylic acids is 1. The minimum absolute atomic E-state index is 0.243. The fourth-order valence-corrected chi connectivity index (χ4v) is 1.47. The van der Waals surface area contributed by atoms with Crippen LogP contribution in [-0.2, 0) is 20.9 Å². The van der Waals surface area contributed by atoms with Gasteiger partial charge in [0.05, 0.1) is 7.11 Å². The Morgan fingerprint density at radius 3 is 2.68 bits per heavy atom. The van der Waals surface area contributed by atoms with Crippen LogP contribution in [0.25, 0.3) is 0 Å². The van der Waals surface area contributed by atoms with Crippen molar-refractivity contribution >= 4 is 11.9 Å². The van der Waals surface area contributed by atoms with E-state index in [1.54, 1.807) is 14.2 Å². The van der Waals surface area contributed by atoms with E-state index in [1.165, 1.54) is 4.90 Å². The number of ether oxygens (including phenoxy) is 2. The molecule has 0 unspecified atom stereocenters. The van der Waals surface area contributed by atoms with Crippen LogP contribution in [0.15, 0.2) is 24.3 Å². The highest BCUT2D eigenvalue weighted by Crippen LogP contribution is 2.13. The molecule has 0 aliphatic heterocycles. The number of hydrogen-bond acceptors (Lipinski definition) is 4. The summed E-state index contributed by atoms with van der Waals surface area (Å²) in [7, 11) is 3.21. The fraction of sp³-hybridized carbons (Fsp3) is 0.385. The van der Waals surface area contributed by atoms with Crippen molar-refractivity contribution < 1.29 is 24.2 Å². The summed E-state index contributed by atoms with van der Waals surface area (Å²) >= 11 is 0. The van der Waals surface area contributed by atoms with E-state index in [1.807, 2.05) is 24.3 Å². The standard InChI is InChI=1S/C13H17NO5/c1-14(12(15)8-19-9-13(16)17)7-10-4-3-5-11(6-10)18-2/h3-6H,7-9H2,1-2H3,(H,16,17). The predicted molar refractivity (Wildman–Crippen MR) is 67.9 cm³/mol. The van der Waals surface area contributed by atoms with Crippen LogP contribution in [0.4, 0.5) is 0 Å². The lowest BCUT2D eigenvalue weighted by atomic mass is 10.2. The molecule has 19 heavy (non-hydrogen) atoms. The van der Waals surface area contributed by atoms with Crippen LogP contribution >= 0.6 is 0 Å². The van der Waals surface area contributed by atoms with E-state index < -0.39 is 12.6 Å². The van der Waals surface area contributed by atoms with Crippen molar-refractivity contribution in [3.63, 3.8) is 0 Å². The summed E-state index contributed by atoms with van der Waals surface area (Å²) in [6, 6.07) is 7.38. The Kier molecular flexibility index (Phi) is 5.81. The zero-order chi connectivity index (χ0) is 14.3. The van der Waals surface area contributed by atoms with Crippen molar-refractivity contribution in [1.82, 2.24) is 4.90 Å². The van der Waals surface area contributed by atoms with E-state index in [4.69, 9.17) is 14.6 Å². The molecule has 0 atom stereocenters. The van der Waals surface area contributed by atoms with Gasteiger partial charge in [-0.05, 0) is 17.7 Å². The third kappa shape index (κ3) is 5.39. The maximum atomic E-state index is 11.7. The predicted octanol–water partition coefficient (Wildman–Crippen LogP) is 0.755. The van der Waals surface area contributed by atoms with Crippen LogP contribution in [0, 0.1) is 0 Å². The SMILES string of the molecule is COc1cccc(CN(C)C(=O)COCC(=O)O)c1. The number of carbonyl (C=O) groups excluding carboxylic acids is 1. The molecule has 0 bridgehead atoms. The lowest BCUT2D eigenvalue weighted by molar-refractivity contribution is -0.145. The molecule has 1 N–H and O–H groups in total. The van der Waals surface area contributed by atoms with Crippen LogP contribution < -0.4 is 4.74 Å². The number of hydrogen-bond donors (Lipinski definition) is 1. The van der Waals surface area contributed by atoms with Gasteiger partial charge in [-0.1, -0.05) is 12.1 Å². The van der Waals surface area contributed by atoms with Crippen molar-refractivity contribution in [2.45, 2.75) is 6.54 Å². The number of methoxy groups -OCH3 is 1. The summed E-state index contributed by atoms with van der Waals surface area (Å²) in [5, 5.41) is 8.39. The topological polar surface area (TPSA) is 76.1 Å². The smallest absolute Gasteiger partial charge is 0.329 e. The van der Waals surface area contributed by atoms with Gasteiger partial charge in [0.15, 0.2) is 0 Å². The monoisotopic (exact) mass is 267 g/mol. The van der Waals surface area contributed by atoms with Crippen molar-refractivity contribution in [3.8, 4) is 5.75 Å². The summed E-state index contributed by atoms with van der Waals surface area (Å²) < 4.78 is 9.84. The number of carboxylic acids is 1. The third-order valence-electron chi connectivity index (χ3n) is 2.43. The highest BCUT2D eigenvalue weighted by molar-refractivity contribution is 5.77. The molecule has 0 saturated heterocycles. The molecule has 0 heterocycles. The molecular weight excluding hydrogens is 250 g/mol. The van der Waals surface area contributed by atoms with Gasteiger partial charge >= 0.3 is 5.97 Å². The average molecular weight is 267 g/mol. The van der Waals surface area contributed by atoms with Crippen LogP contribution in [0.5, 0.6) is 5.75 Å². The number of benzene rings is 1. The summed E-state index contributed by atoms with van der Waals surface area (Å²) in [6.45, 7) is -0.308. The second-order valence-corrected chi connectivity index (χ2v) is 3.99. The molecule has 0 spiro atoms. The number of rotatable bonds is 7. The maximum Gasteiger partial charge on any atom is 0.329 e. The highest BCUT2D eigenvalue weighted by Gasteiger charge is 2.10. The minimum atomic E-state index is -1.09. The van der Waals surface area contributed by atoms with E-state index in [9.17, 15) is 9.59 Å². The van der Waals surface area contributed by atoms with E-state index in [0.29, 0.717) is 6.54 Å². The first-order valence-electron chi connectivity index (χ1n) is 5.69. The molecule has 6 nitrogen and oxygen atoms in total. The summed E-state index contributed by atoms with van der Waals surface area (Å²) in [5.41, 5.74) is 0.924. The van der Waals surface area contributed by atoms with E-state index in [0.717, 1.165) is 11.3 Å². The minimum Gasteiger partial charge on any atom is -0.497 e. The van der Waals surface area contributed by atoms with E-state index >= 15 is 0 Å². The maximum absolute atomic E-state index is 11.7. The van der Waals surface area contributed by atoms with Gasteiger partial charge < -0.3 is 19.5 Å². The fourth-order valence-electron chi connectivity index (χ4n) is 1.47. The first kappa shape index (κ1) is 15.0. The molecule has 104 valence electrons. The van der Waals surface area contributed by atoms with Gasteiger partial charge in [-0.3, -0.25) is 4.79 Å². The lowest BCUT2D eigenvalue weighted by Crippen LogP contribution is -2.30. The Labute approximate surface area is 111 Å². The van der Waals surface area contributed by atoms with Crippen LogP contribution in [0.3, 0.4) is 0 Å². The van der Waals surface area contributed by atoms with Crippen molar-refractivity contribution in [3.05, 3.63) is 29.8 Å². The lowest BCUT2D eigenvalue weighted by Gasteiger charge is -2.17. The average Bonchev–Trinajstić information content (AvgIpc) is 2.38. The van der Waals surface area contributed by atoms with Crippen molar-refractivity contribution in [1.29, 1.82) is 0 Å². The number of carbonyl (C=O) groups is 2. The number of carboxylic acid groups (broad SMARTS) is 1. The molecule has 0 aliphatic carbocycles. The summed E-state index contributed by atoms with van der Waals surface area (Å²) in [6.07, 6.45) is 0. The Hall–Kier alpha value is -2.08. The quantitative estimate of drug-likeness (QED) is 0.789. The number of amides is 1. The Morgan fingerprint density at radius 2 is 2.05 bits per heavy atom. The van der Waals surface area contributed by atoms with Crippen molar-refractivity contribution in [2.24, 2.45) is 0 Å². The van der Waals surface area contributed by atoms with Crippen LogP contribution in [0.2, 0.25) is 0 Å². The normalized spacial score (nSPS) is 10.0. The molecule has 1 aromatic carbocycles. The zero-order valence-electron chi connectivity index (χ0n) is 11.0. The molecule has 1 rings (SSSR count). The van der Waals surface area contributed by atoms with Gasteiger partial charge in [0.25, 0.3) is 0 Å². The molecule has 6 heteroatoms. The molecule has 1 aromatic rings. The van der Waals surface area contributed by atoms with Gasteiger partial charge in [-0.2, -0.15) is 0 Å². The molecular formula is C13H17NO5. The Balaban J connectivity index is 2.46. The first-order valence-corrected chi connectivity index (χ1v) is 5.69. The van der Waals surface area contributed by atoms with E-state index in [2.05, 4.69) is 0 Å². The summed E-state index contributed by atoms with van der Waals surface area (Å²) in [4.78, 5) is 23.4. The van der Waals surface area contributed by atoms with Gasteiger partial charge in [0.1, 0.15) is 19.0 Å². The Morgan fingerprint density at radius 1 is 1.32 bits per heavy atom. The van der Waals surface area contributed by atoms with Crippen LogP contribution in [-0.4, -0.2) is 49.3 Å². The highest BCUT2D eigenvalue weighted by atomic mass is 16.5. The summed E-state index contributed by atoms with van der Waals surface area (Å²) in [5.74, 6) is -0.646. The zero-order valence-corrected chi connectivity index (χ0v) is 11.0. The van der Waals surface area contributed by atoms with Gasteiger partial charge in [0.2, 0.25) is 5.91 Å². The number of nitrogens with zero attached hydrogens (tertiary/aromatic N) is 1. The van der Waals surface area contributed by atoms with Gasteiger partial charge in [0, 0.05) is 13.6 Å². The molecule has 0 aromatic heterocycles.